The van der Waals surface area contributed by atoms with Gasteiger partial charge in [-0.1, -0.05) is 6.92 Å². The van der Waals surface area contributed by atoms with Crippen LogP contribution in [0.4, 0.5) is 5.00 Å². The second-order valence-corrected chi connectivity index (χ2v) is 6.81. The first-order valence-corrected chi connectivity index (χ1v) is 8.58. The van der Waals surface area contributed by atoms with Gasteiger partial charge >= 0.3 is 5.97 Å². The molecule has 1 unspecified atom stereocenters. The van der Waals surface area contributed by atoms with E-state index in [2.05, 4.69) is 12.2 Å². The Morgan fingerprint density at radius 2 is 2.30 bits per heavy atom. The van der Waals surface area contributed by atoms with Gasteiger partial charge in [-0.3, -0.25) is 4.79 Å². The molecule has 122 valence electrons. The second kappa shape index (κ2) is 6.58. The molecule has 0 saturated heterocycles. The first-order valence-electron chi connectivity index (χ1n) is 7.76. The molecule has 1 aliphatic rings. The van der Waals surface area contributed by atoms with Crippen LogP contribution in [0.1, 0.15) is 51.6 Å². The van der Waals surface area contributed by atoms with Gasteiger partial charge in [0.1, 0.15) is 5.00 Å². The highest BCUT2D eigenvalue weighted by atomic mass is 32.1. The zero-order valence-corrected chi connectivity index (χ0v) is 14.0. The molecular weight excluding hydrogens is 314 g/mol. The van der Waals surface area contributed by atoms with Gasteiger partial charge in [0.05, 0.1) is 18.4 Å². The number of amides is 1. The number of hydrogen-bond donors (Lipinski definition) is 1. The van der Waals surface area contributed by atoms with Crippen LogP contribution >= 0.6 is 11.3 Å². The second-order valence-electron chi connectivity index (χ2n) is 5.71. The van der Waals surface area contributed by atoms with Gasteiger partial charge in [0.2, 0.25) is 0 Å². The number of thiophene rings is 1. The maximum atomic E-state index is 12.4. The Labute approximate surface area is 138 Å². The number of hydrogen-bond acceptors (Lipinski definition) is 5. The van der Waals surface area contributed by atoms with E-state index in [1.165, 1.54) is 22.5 Å². The number of fused-ring (bicyclic) bond motifs is 1. The summed E-state index contributed by atoms with van der Waals surface area (Å²) in [4.78, 5) is 25.8. The summed E-state index contributed by atoms with van der Waals surface area (Å²) in [5.74, 6) is 0.0888. The van der Waals surface area contributed by atoms with Crippen molar-refractivity contribution in [3.63, 3.8) is 0 Å². The summed E-state index contributed by atoms with van der Waals surface area (Å²) in [5.41, 5.74) is 1.54. The van der Waals surface area contributed by atoms with E-state index >= 15 is 0 Å². The average Bonchev–Trinajstić information content (AvgIpc) is 3.14. The number of furan rings is 1. The van der Waals surface area contributed by atoms with Crippen LogP contribution < -0.4 is 5.32 Å². The molecule has 1 atom stereocenters. The fourth-order valence-corrected chi connectivity index (χ4v) is 4.22. The average molecular weight is 333 g/mol. The molecule has 3 rings (SSSR count). The van der Waals surface area contributed by atoms with Crippen molar-refractivity contribution in [1.29, 1.82) is 0 Å². The first-order chi connectivity index (χ1) is 11.1. The lowest BCUT2D eigenvalue weighted by Crippen LogP contribution is -2.16. The van der Waals surface area contributed by atoms with Crippen LogP contribution in [-0.4, -0.2) is 18.5 Å². The highest BCUT2D eigenvalue weighted by molar-refractivity contribution is 7.17. The van der Waals surface area contributed by atoms with E-state index in [-0.39, 0.29) is 17.6 Å². The molecule has 0 spiro atoms. The van der Waals surface area contributed by atoms with Crippen molar-refractivity contribution in [3.05, 3.63) is 40.2 Å². The molecular formula is C17H19NO4S. The van der Waals surface area contributed by atoms with Crippen LogP contribution in [0, 0.1) is 5.92 Å². The highest BCUT2D eigenvalue weighted by Gasteiger charge is 2.29. The first kappa shape index (κ1) is 15.8. The number of ether oxygens (including phenoxy) is 1. The number of carbonyl (C=O) groups is 2. The maximum absolute atomic E-state index is 12.4. The van der Waals surface area contributed by atoms with E-state index < -0.39 is 0 Å². The van der Waals surface area contributed by atoms with Gasteiger partial charge in [0.25, 0.3) is 5.91 Å². The number of rotatable bonds is 4. The van der Waals surface area contributed by atoms with Gasteiger partial charge in [0, 0.05) is 4.88 Å². The number of esters is 1. The third kappa shape index (κ3) is 3.17. The summed E-state index contributed by atoms with van der Waals surface area (Å²) in [6.45, 7) is 4.29. The topological polar surface area (TPSA) is 68.5 Å². The summed E-state index contributed by atoms with van der Waals surface area (Å²) in [6.07, 6.45) is 4.27. The lowest BCUT2D eigenvalue weighted by atomic mass is 9.88. The van der Waals surface area contributed by atoms with Crippen molar-refractivity contribution in [2.45, 2.75) is 33.1 Å². The lowest BCUT2D eigenvalue weighted by Gasteiger charge is -2.18. The Hall–Kier alpha value is -2.08. The van der Waals surface area contributed by atoms with Gasteiger partial charge in [-0.25, -0.2) is 4.79 Å². The Morgan fingerprint density at radius 1 is 1.48 bits per heavy atom. The third-order valence-electron chi connectivity index (χ3n) is 3.96. The van der Waals surface area contributed by atoms with Crippen molar-refractivity contribution in [2.24, 2.45) is 5.92 Å². The predicted octanol–water partition coefficient (Wildman–Crippen LogP) is 3.89. The minimum atomic E-state index is -0.366. The molecule has 23 heavy (non-hydrogen) atoms. The summed E-state index contributed by atoms with van der Waals surface area (Å²) in [6, 6.07) is 3.25. The molecule has 1 N–H and O–H groups in total. The Bertz CT molecular complexity index is 717. The van der Waals surface area contributed by atoms with Crippen molar-refractivity contribution >= 4 is 28.2 Å². The van der Waals surface area contributed by atoms with E-state index in [0.717, 1.165) is 24.8 Å². The van der Waals surface area contributed by atoms with E-state index in [1.54, 1.807) is 19.1 Å². The number of nitrogens with one attached hydrogen (secondary N) is 1. The van der Waals surface area contributed by atoms with Crippen LogP contribution in [0.25, 0.3) is 0 Å². The third-order valence-corrected chi connectivity index (χ3v) is 5.13. The number of carbonyl (C=O) groups excluding carboxylic acids is 2. The van der Waals surface area contributed by atoms with Crippen LogP contribution in [0.5, 0.6) is 0 Å². The largest absolute Gasteiger partial charge is 0.462 e. The molecule has 2 aromatic heterocycles. The zero-order chi connectivity index (χ0) is 16.4. The molecule has 0 radical (unpaired) electrons. The predicted molar refractivity (Wildman–Crippen MR) is 88.1 cm³/mol. The van der Waals surface area contributed by atoms with E-state index in [4.69, 9.17) is 9.15 Å². The number of anilines is 1. The quantitative estimate of drug-likeness (QED) is 0.862. The molecule has 0 fully saturated rings. The Morgan fingerprint density at radius 3 is 3.00 bits per heavy atom. The molecule has 6 heteroatoms. The summed E-state index contributed by atoms with van der Waals surface area (Å²) < 4.78 is 10.3. The fourth-order valence-electron chi connectivity index (χ4n) is 2.83. The fraction of sp³-hybridized carbons (Fsp3) is 0.412. The van der Waals surface area contributed by atoms with E-state index in [9.17, 15) is 9.59 Å². The molecule has 2 aromatic rings. The molecule has 0 bridgehead atoms. The lowest BCUT2D eigenvalue weighted by molar-refractivity contribution is 0.0526. The maximum Gasteiger partial charge on any atom is 0.341 e. The van der Waals surface area contributed by atoms with Crippen LogP contribution in [0.2, 0.25) is 0 Å². The van der Waals surface area contributed by atoms with Gasteiger partial charge in [0.15, 0.2) is 5.76 Å². The minimum absolute atomic E-state index is 0.222. The van der Waals surface area contributed by atoms with Crippen molar-refractivity contribution < 1.29 is 18.7 Å². The molecule has 0 aliphatic heterocycles. The minimum Gasteiger partial charge on any atom is -0.462 e. The highest BCUT2D eigenvalue weighted by Crippen LogP contribution is 2.40. The van der Waals surface area contributed by atoms with Crippen molar-refractivity contribution in [3.8, 4) is 0 Å². The monoisotopic (exact) mass is 333 g/mol. The van der Waals surface area contributed by atoms with Crippen molar-refractivity contribution in [1.82, 2.24) is 0 Å². The molecule has 0 aromatic carbocycles. The van der Waals surface area contributed by atoms with Gasteiger partial charge < -0.3 is 14.5 Å². The summed E-state index contributed by atoms with van der Waals surface area (Å²) in [5, 5.41) is 3.37. The van der Waals surface area contributed by atoms with Gasteiger partial charge in [-0.05, 0) is 49.8 Å². The molecule has 5 nitrogen and oxygen atoms in total. The normalized spacial score (nSPS) is 16.7. The molecule has 1 aliphatic carbocycles. The smallest absolute Gasteiger partial charge is 0.341 e. The van der Waals surface area contributed by atoms with Crippen molar-refractivity contribution in [2.75, 3.05) is 11.9 Å². The Kier molecular flexibility index (Phi) is 4.52. The van der Waals surface area contributed by atoms with Crippen LogP contribution in [0.3, 0.4) is 0 Å². The van der Waals surface area contributed by atoms with E-state index in [1.807, 2.05) is 0 Å². The molecule has 0 saturated carbocycles. The zero-order valence-electron chi connectivity index (χ0n) is 13.2. The summed E-state index contributed by atoms with van der Waals surface area (Å²) in [7, 11) is 0. The SMILES string of the molecule is CCOC(=O)c1c(NC(=O)c2ccco2)sc2c1CCC(C)C2. The van der Waals surface area contributed by atoms with Crippen LogP contribution in [-0.2, 0) is 17.6 Å². The van der Waals surface area contributed by atoms with Gasteiger partial charge in [-0.15, -0.1) is 11.3 Å². The summed E-state index contributed by atoms with van der Waals surface area (Å²) >= 11 is 1.47. The Balaban J connectivity index is 1.95. The van der Waals surface area contributed by atoms with E-state index in [0.29, 0.717) is 23.1 Å². The van der Waals surface area contributed by atoms with Gasteiger partial charge in [-0.2, -0.15) is 0 Å². The van der Waals surface area contributed by atoms with Crippen LogP contribution in [0.15, 0.2) is 22.8 Å². The molecule has 1 amide bonds. The standard InChI is InChI=1S/C17H19NO4S/c1-3-21-17(20)14-11-7-6-10(2)9-13(11)23-16(14)18-15(19)12-5-4-8-22-12/h4-5,8,10H,3,6-7,9H2,1-2H3,(H,18,19). The molecule has 2 heterocycles.